The summed E-state index contributed by atoms with van der Waals surface area (Å²) in [4.78, 5) is 4.23. The average Bonchev–Trinajstić information content (AvgIpc) is 3.46. The maximum absolute atomic E-state index is 7.44. The lowest BCUT2D eigenvalue weighted by atomic mass is 10.1. The van der Waals surface area contributed by atoms with Gasteiger partial charge in [-0.15, -0.1) is 0 Å². The molecular weight excluding hydrogens is 540 g/mol. The van der Waals surface area contributed by atoms with Crippen molar-refractivity contribution in [3.8, 4) is 11.5 Å². The Hall–Kier alpha value is -4.76. The number of nitrogens with zero attached hydrogens (tertiary/aromatic N) is 6. The lowest BCUT2D eigenvalue weighted by Crippen LogP contribution is -2.75. The Balaban J connectivity index is 1.35. The number of pyridine rings is 2. The maximum atomic E-state index is 7.44. The Bertz CT molecular complexity index is 1780. The van der Waals surface area contributed by atoms with E-state index in [1.807, 2.05) is 24.5 Å². The molecule has 0 N–H and O–H groups in total. The van der Waals surface area contributed by atoms with Gasteiger partial charge in [0.25, 0.3) is 11.4 Å². The van der Waals surface area contributed by atoms with Crippen molar-refractivity contribution in [2.24, 2.45) is 0 Å². The standard InChI is InChI=1S/C34H36N6O3/c1-23-15-29(35(3)4)17-25-19-37-21-27-11-7-9-13-39(27)33(37,41-31(23)25)43-34-38(22-28-12-8-10-14-40(28)34)20-26-18-30(36(5)6)16-24(2)32(26)42-34/h7-20H,21-22H2,1-6H3/q+4. The van der Waals surface area contributed by atoms with Crippen molar-refractivity contribution in [2.45, 2.75) is 39.0 Å². The zero-order valence-electron chi connectivity index (χ0n) is 25.4. The Kier molecular flexibility index (Phi) is 5.35. The van der Waals surface area contributed by atoms with Gasteiger partial charge in [0.05, 0.1) is 11.1 Å². The van der Waals surface area contributed by atoms with Crippen molar-refractivity contribution in [2.75, 3.05) is 38.0 Å². The van der Waals surface area contributed by atoms with Crippen LogP contribution in [0.15, 0.2) is 73.1 Å². The number of aromatic nitrogens is 2. The molecule has 0 bridgehead atoms. The molecule has 9 heteroatoms. The Morgan fingerprint density at radius 2 is 1.09 bits per heavy atom. The van der Waals surface area contributed by atoms with Gasteiger partial charge in [-0.3, -0.25) is 0 Å². The summed E-state index contributed by atoms with van der Waals surface area (Å²) in [5.74, 6) is 1.58. The van der Waals surface area contributed by atoms with Crippen LogP contribution in [0.25, 0.3) is 0 Å². The number of hydrogen-bond acceptors (Lipinski definition) is 5. The highest BCUT2D eigenvalue weighted by Crippen LogP contribution is 2.43. The van der Waals surface area contributed by atoms with Crippen LogP contribution in [0, 0.1) is 13.8 Å². The van der Waals surface area contributed by atoms with Gasteiger partial charge in [-0.2, -0.15) is 0 Å². The Morgan fingerprint density at radius 3 is 1.51 bits per heavy atom. The summed E-state index contributed by atoms with van der Waals surface area (Å²) in [5.41, 5.74) is 8.48. The highest BCUT2D eigenvalue weighted by atomic mass is 16.8. The van der Waals surface area contributed by atoms with Crippen molar-refractivity contribution >= 4 is 23.8 Å². The van der Waals surface area contributed by atoms with Gasteiger partial charge in [-0.25, -0.2) is 0 Å². The first-order valence-electron chi connectivity index (χ1n) is 14.6. The molecule has 8 rings (SSSR count). The molecule has 2 atom stereocenters. The van der Waals surface area contributed by atoms with Crippen molar-refractivity contribution in [1.29, 1.82) is 0 Å². The minimum Gasteiger partial charge on any atom is -0.378 e. The summed E-state index contributed by atoms with van der Waals surface area (Å²) in [6.07, 6.45) is 8.37. The van der Waals surface area contributed by atoms with Gasteiger partial charge in [0.1, 0.15) is 0 Å². The first-order chi connectivity index (χ1) is 20.7. The molecule has 43 heavy (non-hydrogen) atoms. The molecule has 2 aromatic carbocycles. The van der Waals surface area contributed by atoms with E-state index in [1.54, 1.807) is 0 Å². The van der Waals surface area contributed by atoms with E-state index >= 15 is 0 Å². The summed E-state index contributed by atoms with van der Waals surface area (Å²) in [6.45, 7) is 5.40. The molecule has 0 radical (unpaired) electrons. The summed E-state index contributed by atoms with van der Waals surface area (Å²) in [6, 6.07) is 18.3. The van der Waals surface area contributed by atoms with Crippen LogP contribution in [0.5, 0.6) is 11.5 Å². The van der Waals surface area contributed by atoms with Crippen LogP contribution in [-0.2, 0) is 29.9 Å². The summed E-state index contributed by atoms with van der Waals surface area (Å²) in [5, 5.41) is 0. The van der Waals surface area contributed by atoms with Crippen LogP contribution in [-0.4, -0.2) is 49.8 Å². The second-order valence-corrected chi connectivity index (χ2v) is 12.2. The Labute approximate surface area is 251 Å². The summed E-state index contributed by atoms with van der Waals surface area (Å²) >= 11 is 0. The molecule has 9 nitrogen and oxygen atoms in total. The molecule has 216 valence electrons. The van der Waals surface area contributed by atoms with E-state index in [9.17, 15) is 0 Å². The van der Waals surface area contributed by atoms with Crippen molar-refractivity contribution in [3.63, 3.8) is 0 Å². The second-order valence-electron chi connectivity index (χ2n) is 12.2. The fraction of sp³-hybridized carbons (Fsp3) is 0.294. The molecule has 0 fully saturated rings. The molecule has 4 aliphatic heterocycles. The molecule has 0 saturated heterocycles. The number of ether oxygens (including phenoxy) is 3. The van der Waals surface area contributed by atoms with Gasteiger partial charge in [0, 0.05) is 63.8 Å². The smallest absolute Gasteiger partial charge is 0.378 e. The third-order valence-electron chi connectivity index (χ3n) is 8.82. The van der Waals surface area contributed by atoms with E-state index in [-0.39, 0.29) is 0 Å². The third kappa shape index (κ3) is 3.61. The third-order valence-corrected chi connectivity index (χ3v) is 8.82. The predicted octanol–water partition coefficient (Wildman–Crippen LogP) is 2.94. The lowest BCUT2D eigenvalue weighted by Gasteiger charge is -2.30. The maximum Gasteiger partial charge on any atom is 0.676 e. The van der Waals surface area contributed by atoms with Crippen LogP contribution in [0.4, 0.5) is 11.4 Å². The fourth-order valence-electron chi connectivity index (χ4n) is 6.64. The number of hydrogen-bond donors (Lipinski definition) is 0. The van der Waals surface area contributed by atoms with Crippen LogP contribution in [0.1, 0.15) is 33.6 Å². The molecular formula is C34H36N6O3+4. The van der Waals surface area contributed by atoms with Gasteiger partial charge in [0.2, 0.25) is 13.1 Å². The molecule has 2 unspecified atom stereocenters. The van der Waals surface area contributed by atoms with Gasteiger partial charge in [-0.05, 0) is 66.1 Å². The normalized spacial score (nSPS) is 22.0. The van der Waals surface area contributed by atoms with Gasteiger partial charge in [-0.1, -0.05) is 18.3 Å². The van der Waals surface area contributed by atoms with E-state index < -0.39 is 12.1 Å². The highest BCUT2D eigenvalue weighted by Gasteiger charge is 2.80. The van der Waals surface area contributed by atoms with E-state index in [1.165, 1.54) is 0 Å². The molecule has 4 aliphatic rings. The van der Waals surface area contributed by atoms with Crippen LogP contribution >= 0.6 is 0 Å². The average molecular weight is 577 g/mol. The van der Waals surface area contributed by atoms with E-state index in [0.29, 0.717) is 13.1 Å². The van der Waals surface area contributed by atoms with Crippen LogP contribution in [0.3, 0.4) is 0 Å². The summed E-state index contributed by atoms with van der Waals surface area (Å²) < 4.78 is 30.1. The molecule has 4 aromatic rings. The quantitative estimate of drug-likeness (QED) is 0.350. The Morgan fingerprint density at radius 1 is 0.651 bits per heavy atom. The minimum absolute atomic E-state index is 0.611. The monoisotopic (exact) mass is 576 g/mol. The number of aryl methyl sites for hydroxylation is 2. The first-order valence-corrected chi connectivity index (χ1v) is 14.6. The molecule has 0 aliphatic carbocycles. The van der Waals surface area contributed by atoms with Crippen molar-refractivity contribution in [3.05, 3.63) is 107 Å². The topological polar surface area (TPSA) is 48.0 Å². The van der Waals surface area contributed by atoms with E-state index in [4.69, 9.17) is 14.2 Å². The van der Waals surface area contributed by atoms with Gasteiger partial charge < -0.3 is 19.3 Å². The van der Waals surface area contributed by atoms with Crippen molar-refractivity contribution < 1.29 is 32.5 Å². The van der Waals surface area contributed by atoms with Crippen molar-refractivity contribution in [1.82, 2.24) is 0 Å². The van der Waals surface area contributed by atoms with Gasteiger partial charge >= 0.3 is 12.1 Å². The van der Waals surface area contributed by atoms with Crippen LogP contribution in [0.2, 0.25) is 0 Å². The number of anilines is 2. The first kappa shape index (κ1) is 25.9. The predicted molar refractivity (Wildman–Crippen MR) is 161 cm³/mol. The molecule has 2 aromatic heterocycles. The molecule has 0 spiro atoms. The molecule has 0 amide bonds. The largest absolute Gasteiger partial charge is 0.676 e. The molecule has 0 saturated carbocycles. The fourth-order valence-corrected chi connectivity index (χ4v) is 6.64. The molecule has 6 heterocycles. The second kappa shape index (κ2) is 8.87. The number of rotatable bonds is 4. The lowest BCUT2D eigenvalue weighted by molar-refractivity contribution is -1.07. The zero-order chi connectivity index (χ0) is 29.7. The minimum atomic E-state index is -1.35. The highest BCUT2D eigenvalue weighted by molar-refractivity contribution is 5.85. The number of fused-ring (bicyclic) bond motifs is 8. The summed E-state index contributed by atoms with van der Waals surface area (Å²) in [7, 11) is 8.22. The zero-order valence-corrected chi connectivity index (χ0v) is 25.4. The van der Waals surface area contributed by atoms with E-state index in [2.05, 4.69) is 131 Å². The SMILES string of the molecule is Cc1cc(N(C)C)cc2c1OC1(OC34Oc5c(C)cc(N(C)C)cc5C=[N+]3Cc3cccc[n+]34)[N+](=C2)Cc2cccc[n+]21. The van der Waals surface area contributed by atoms with E-state index in [0.717, 1.165) is 56.5 Å². The van der Waals surface area contributed by atoms with Gasteiger partial charge in [0.15, 0.2) is 36.3 Å². The number of benzene rings is 2. The van der Waals surface area contributed by atoms with Crippen LogP contribution < -0.4 is 28.4 Å².